The Hall–Kier alpha value is -3.06. The second-order valence-electron chi connectivity index (χ2n) is 6.91. The van der Waals surface area contributed by atoms with Crippen molar-refractivity contribution in [3.8, 4) is 5.75 Å². The lowest BCUT2D eigenvalue weighted by molar-refractivity contribution is -0.127. The van der Waals surface area contributed by atoms with E-state index in [1.54, 1.807) is 42.5 Å². The number of hydrogen-bond donors (Lipinski definition) is 1. The molecule has 0 aliphatic carbocycles. The number of para-hydroxylation sites is 2. The Labute approximate surface area is 170 Å². The molecule has 150 valence electrons. The second-order valence-corrected chi connectivity index (χ2v) is 8.77. The van der Waals surface area contributed by atoms with Gasteiger partial charge in [-0.3, -0.25) is 9.10 Å². The van der Waals surface area contributed by atoms with Crippen molar-refractivity contribution in [1.82, 2.24) is 5.32 Å². The third-order valence-electron chi connectivity index (χ3n) is 4.89. The van der Waals surface area contributed by atoms with E-state index in [-0.39, 0.29) is 17.3 Å². The number of amides is 1. The standard InChI is InChI=1S/C22H22N2O4S/c1-2-13-23-22(25)21-15-24(19-9-5-6-10-20(19)28-21)29(26,27)18-12-11-16-7-3-4-8-17(16)14-18/h3-12,14,21H,2,13,15H2,1H3,(H,23,25)/t21-/m0/s1. The lowest BCUT2D eigenvalue weighted by atomic mass is 10.1. The fourth-order valence-corrected chi connectivity index (χ4v) is 4.90. The number of anilines is 1. The van der Waals surface area contributed by atoms with Crippen molar-refractivity contribution in [3.05, 3.63) is 66.7 Å². The number of benzene rings is 3. The van der Waals surface area contributed by atoms with Crippen LogP contribution in [0.1, 0.15) is 13.3 Å². The van der Waals surface area contributed by atoms with Crippen LogP contribution in [0.25, 0.3) is 10.8 Å². The number of sulfonamides is 1. The molecule has 1 atom stereocenters. The van der Waals surface area contributed by atoms with Crippen molar-refractivity contribution in [2.75, 3.05) is 17.4 Å². The molecule has 6 nitrogen and oxygen atoms in total. The van der Waals surface area contributed by atoms with E-state index in [0.29, 0.717) is 18.0 Å². The SMILES string of the molecule is CCCNC(=O)[C@@H]1CN(S(=O)(=O)c2ccc3ccccc3c2)c2ccccc2O1. The Bertz CT molecular complexity index is 1160. The quantitative estimate of drug-likeness (QED) is 0.700. The third-order valence-corrected chi connectivity index (χ3v) is 6.66. The van der Waals surface area contributed by atoms with Gasteiger partial charge in [0.25, 0.3) is 15.9 Å². The molecule has 3 aromatic rings. The highest BCUT2D eigenvalue weighted by atomic mass is 32.2. The van der Waals surface area contributed by atoms with E-state index >= 15 is 0 Å². The molecule has 1 aliphatic heterocycles. The Morgan fingerprint density at radius 2 is 1.79 bits per heavy atom. The molecule has 0 bridgehead atoms. The van der Waals surface area contributed by atoms with Gasteiger partial charge in [0.15, 0.2) is 6.10 Å². The van der Waals surface area contributed by atoms with Gasteiger partial charge in [0.1, 0.15) is 5.75 Å². The van der Waals surface area contributed by atoms with Gasteiger partial charge in [-0.1, -0.05) is 49.4 Å². The molecule has 0 spiro atoms. The normalized spacial score (nSPS) is 16.2. The Kier molecular flexibility index (Phi) is 5.15. The molecule has 7 heteroatoms. The molecular formula is C22H22N2O4S. The molecule has 0 aromatic heterocycles. The van der Waals surface area contributed by atoms with E-state index in [4.69, 9.17) is 4.74 Å². The number of fused-ring (bicyclic) bond motifs is 2. The summed E-state index contributed by atoms with van der Waals surface area (Å²) < 4.78 is 34.1. The fraction of sp³-hybridized carbons (Fsp3) is 0.227. The Morgan fingerprint density at radius 1 is 1.07 bits per heavy atom. The summed E-state index contributed by atoms with van der Waals surface area (Å²) in [5.41, 5.74) is 0.431. The van der Waals surface area contributed by atoms with Crippen LogP contribution in [0.4, 0.5) is 5.69 Å². The monoisotopic (exact) mass is 410 g/mol. The number of carbonyl (C=O) groups is 1. The molecular weight excluding hydrogens is 388 g/mol. The summed E-state index contributed by atoms with van der Waals surface area (Å²) in [4.78, 5) is 12.7. The van der Waals surface area contributed by atoms with Gasteiger partial charge in [0.2, 0.25) is 0 Å². The minimum Gasteiger partial charge on any atom is -0.476 e. The van der Waals surface area contributed by atoms with Crippen LogP contribution in [0, 0.1) is 0 Å². The number of carbonyl (C=O) groups excluding carboxylic acids is 1. The zero-order valence-corrected chi connectivity index (χ0v) is 16.9. The van der Waals surface area contributed by atoms with E-state index in [0.717, 1.165) is 17.2 Å². The first kappa shape index (κ1) is 19.3. The van der Waals surface area contributed by atoms with Crippen LogP contribution in [0.2, 0.25) is 0 Å². The summed E-state index contributed by atoms with van der Waals surface area (Å²) in [6.45, 7) is 2.38. The van der Waals surface area contributed by atoms with Crippen LogP contribution in [-0.2, 0) is 14.8 Å². The summed E-state index contributed by atoms with van der Waals surface area (Å²) in [5.74, 6) is 0.0554. The van der Waals surface area contributed by atoms with Crippen molar-refractivity contribution in [2.45, 2.75) is 24.3 Å². The van der Waals surface area contributed by atoms with Crippen molar-refractivity contribution >= 4 is 32.4 Å². The van der Waals surface area contributed by atoms with Crippen LogP contribution in [0.3, 0.4) is 0 Å². The minimum atomic E-state index is -3.88. The van der Waals surface area contributed by atoms with Gasteiger partial charge in [-0.2, -0.15) is 0 Å². The molecule has 0 saturated heterocycles. The molecule has 4 rings (SSSR count). The van der Waals surface area contributed by atoms with E-state index in [2.05, 4.69) is 5.32 Å². The number of hydrogen-bond acceptors (Lipinski definition) is 4. The number of ether oxygens (including phenoxy) is 1. The van der Waals surface area contributed by atoms with E-state index in [1.807, 2.05) is 31.2 Å². The molecule has 1 N–H and O–H groups in total. The van der Waals surface area contributed by atoms with Crippen LogP contribution in [-0.4, -0.2) is 33.5 Å². The molecule has 0 unspecified atom stereocenters. The van der Waals surface area contributed by atoms with Crippen LogP contribution < -0.4 is 14.4 Å². The van der Waals surface area contributed by atoms with Crippen molar-refractivity contribution in [1.29, 1.82) is 0 Å². The first-order valence-electron chi connectivity index (χ1n) is 9.55. The first-order chi connectivity index (χ1) is 14.0. The highest BCUT2D eigenvalue weighted by Crippen LogP contribution is 2.37. The highest BCUT2D eigenvalue weighted by Gasteiger charge is 2.37. The lowest BCUT2D eigenvalue weighted by Crippen LogP contribution is -2.50. The van der Waals surface area contributed by atoms with Crippen LogP contribution in [0.5, 0.6) is 5.75 Å². The van der Waals surface area contributed by atoms with Crippen LogP contribution >= 0.6 is 0 Å². The minimum absolute atomic E-state index is 0.0816. The van der Waals surface area contributed by atoms with E-state index < -0.39 is 16.1 Å². The maximum absolute atomic E-state index is 13.5. The lowest BCUT2D eigenvalue weighted by Gasteiger charge is -2.34. The average molecular weight is 410 g/mol. The summed E-state index contributed by atoms with van der Waals surface area (Å²) in [7, 11) is -3.88. The zero-order chi connectivity index (χ0) is 20.4. The summed E-state index contributed by atoms with van der Waals surface area (Å²) in [6, 6.07) is 19.5. The second kappa shape index (κ2) is 7.75. The maximum Gasteiger partial charge on any atom is 0.264 e. The summed E-state index contributed by atoms with van der Waals surface area (Å²) >= 11 is 0. The highest BCUT2D eigenvalue weighted by molar-refractivity contribution is 7.92. The van der Waals surface area contributed by atoms with Gasteiger partial charge in [-0.25, -0.2) is 8.42 Å². The van der Waals surface area contributed by atoms with Gasteiger partial charge in [-0.05, 0) is 41.5 Å². The van der Waals surface area contributed by atoms with Crippen LogP contribution in [0.15, 0.2) is 71.6 Å². The number of rotatable bonds is 5. The van der Waals surface area contributed by atoms with Gasteiger partial charge >= 0.3 is 0 Å². The molecule has 3 aromatic carbocycles. The molecule has 29 heavy (non-hydrogen) atoms. The summed E-state index contributed by atoms with van der Waals surface area (Å²) in [5, 5.41) is 4.59. The van der Waals surface area contributed by atoms with Crippen molar-refractivity contribution in [2.24, 2.45) is 0 Å². The predicted octanol–water partition coefficient (Wildman–Crippen LogP) is 3.32. The van der Waals surface area contributed by atoms with Crippen molar-refractivity contribution < 1.29 is 17.9 Å². The van der Waals surface area contributed by atoms with Gasteiger partial charge in [-0.15, -0.1) is 0 Å². The maximum atomic E-state index is 13.5. The molecule has 0 fully saturated rings. The fourth-order valence-electron chi connectivity index (χ4n) is 3.38. The van der Waals surface area contributed by atoms with Gasteiger partial charge in [0, 0.05) is 6.54 Å². The molecule has 0 radical (unpaired) electrons. The predicted molar refractivity (Wildman–Crippen MR) is 113 cm³/mol. The molecule has 0 saturated carbocycles. The van der Waals surface area contributed by atoms with E-state index in [1.165, 1.54) is 4.31 Å². The van der Waals surface area contributed by atoms with Gasteiger partial charge in [0.05, 0.1) is 17.1 Å². The summed E-state index contributed by atoms with van der Waals surface area (Å²) in [6.07, 6.45) is -0.125. The Morgan fingerprint density at radius 3 is 2.59 bits per heavy atom. The molecule has 1 amide bonds. The molecule has 1 aliphatic rings. The number of nitrogens with zero attached hydrogens (tertiary/aromatic N) is 1. The third kappa shape index (κ3) is 3.65. The molecule has 1 heterocycles. The zero-order valence-electron chi connectivity index (χ0n) is 16.0. The van der Waals surface area contributed by atoms with Gasteiger partial charge < -0.3 is 10.1 Å². The smallest absolute Gasteiger partial charge is 0.264 e. The number of nitrogens with one attached hydrogen (secondary N) is 1. The largest absolute Gasteiger partial charge is 0.476 e. The van der Waals surface area contributed by atoms with E-state index in [9.17, 15) is 13.2 Å². The van der Waals surface area contributed by atoms with Crippen molar-refractivity contribution in [3.63, 3.8) is 0 Å². The Balaban J connectivity index is 1.75. The topological polar surface area (TPSA) is 75.7 Å². The average Bonchev–Trinajstić information content (AvgIpc) is 2.76. The first-order valence-corrected chi connectivity index (χ1v) is 11.0.